The molecule has 0 saturated carbocycles. The smallest absolute Gasteiger partial charge is 0.168 e. The Morgan fingerprint density at radius 1 is 1.35 bits per heavy atom. The monoisotopic (exact) mass is 240 g/mol. The molecule has 92 valence electrons. The van der Waals surface area contributed by atoms with E-state index in [1.165, 1.54) is 0 Å². The predicted octanol–water partition coefficient (Wildman–Crippen LogP) is 2.96. The molecule has 4 heteroatoms. The maximum Gasteiger partial charge on any atom is 0.168 e. The molecule has 0 aromatic heterocycles. The number of hydrogen-bond donors (Lipinski definition) is 0. The van der Waals surface area contributed by atoms with Crippen LogP contribution in [-0.4, -0.2) is 18.5 Å². The first-order valence-electron chi connectivity index (χ1n) is 5.73. The molecular weight excluding hydrogens is 226 g/mol. The zero-order valence-electron chi connectivity index (χ0n) is 9.58. The van der Waals surface area contributed by atoms with Crippen LogP contribution in [0.3, 0.4) is 0 Å². The minimum atomic E-state index is -0.722. The number of benzene rings is 1. The quantitative estimate of drug-likeness (QED) is 0.759. The molecule has 1 aromatic rings. The number of ether oxygens (including phenoxy) is 1. The largest absolute Gasteiger partial charge is 0.377 e. The Balaban J connectivity index is 2.24. The van der Waals surface area contributed by atoms with Crippen LogP contribution < -0.4 is 0 Å². The van der Waals surface area contributed by atoms with Gasteiger partial charge in [0.05, 0.1) is 12.0 Å². The van der Waals surface area contributed by atoms with Crippen LogP contribution in [0, 0.1) is 17.6 Å². The van der Waals surface area contributed by atoms with E-state index in [1.54, 1.807) is 0 Å². The van der Waals surface area contributed by atoms with Gasteiger partial charge in [-0.25, -0.2) is 8.78 Å². The van der Waals surface area contributed by atoms with E-state index in [1.807, 2.05) is 6.92 Å². The molecule has 1 aliphatic rings. The highest BCUT2D eigenvalue weighted by Gasteiger charge is 2.33. The molecule has 2 unspecified atom stereocenters. The standard InChI is InChI=1S/C13H14F2O2/c1-2-12-11(3-4-17-12)13(16)8-5-9(14)7-10(15)6-8/h5-7,11-12H,2-4H2,1H3. The number of ketones is 1. The lowest BCUT2D eigenvalue weighted by Crippen LogP contribution is -2.24. The van der Waals surface area contributed by atoms with E-state index in [9.17, 15) is 13.6 Å². The molecular formula is C13H14F2O2. The van der Waals surface area contributed by atoms with Gasteiger partial charge in [0.2, 0.25) is 0 Å². The summed E-state index contributed by atoms with van der Waals surface area (Å²) >= 11 is 0. The van der Waals surface area contributed by atoms with Crippen LogP contribution in [0.2, 0.25) is 0 Å². The summed E-state index contributed by atoms with van der Waals surface area (Å²) < 4.78 is 31.5. The summed E-state index contributed by atoms with van der Waals surface area (Å²) in [4.78, 5) is 12.1. The molecule has 1 aromatic carbocycles. The lowest BCUT2D eigenvalue weighted by molar-refractivity contribution is 0.0688. The second-order valence-corrected chi connectivity index (χ2v) is 4.24. The fourth-order valence-corrected chi connectivity index (χ4v) is 2.26. The molecule has 0 amide bonds. The lowest BCUT2D eigenvalue weighted by Gasteiger charge is -2.15. The molecule has 0 spiro atoms. The number of halogens is 2. The third-order valence-electron chi connectivity index (χ3n) is 3.10. The Morgan fingerprint density at radius 3 is 2.59 bits per heavy atom. The van der Waals surface area contributed by atoms with Crippen molar-refractivity contribution >= 4 is 5.78 Å². The number of Topliss-reactive ketones (excluding diaryl/α,β-unsaturated/α-hetero) is 1. The molecule has 1 saturated heterocycles. The average Bonchev–Trinajstić information content (AvgIpc) is 2.74. The summed E-state index contributed by atoms with van der Waals surface area (Å²) in [5, 5.41) is 0. The van der Waals surface area contributed by atoms with E-state index in [4.69, 9.17) is 4.74 Å². The summed E-state index contributed by atoms with van der Waals surface area (Å²) in [6.07, 6.45) is 1.22. The van der Waals surface area contributed by atoms with Gasteiger partial charge in [0.25, 0.3) is 0 Å². The van der Waals surface area contributed by atoms with E-state index in [0.717, 1.165) is 24.6 Å². The van der Waals surface area contributed by atoms with Gasteiger partial charge in [0.15, 0.2) is 5.78 Å². The van der Waals surface area contributed by atoms with E-state index in [-0.39, 0.29) is 23.4 Å². The van der Waals surface area contributed by atoms with Crippen LogP contribution in [0.15, 0.2) is 18.2 Å². The van der Waals surface area contributed by atoms with Crippen molar-refractivity contribution in [3.8, 4) is 0 Å². The summed E-state index contributed by atoms with van der Waals surface area (Å²) in [5.41, 5.74) is 0.0939. The van der Waals surface area contributed by atoms with E-state index >= 15 is 0 Å². The molecule has 17 heavy (non-hydrogen) atoms. The normalized spacial score (nSPS) is 23.9. The molecule has 0 radical (unpaired) electrons. The topological polar surface area (TPSA) is 26.3 Å². The highest BCUT2D eigenvalue weighted by Crippen LogP contribution is 2.27. The second kappa shape index (κ2) is 4.92. The van der Waals surface area contributed by atoms with Gasteiger partial charge in [-0.15, -0.1) is 0 Å². The van der Waals surface area contributed by atoms with Gasteiger partial charge in [0.1, 0.15) is 11.6 Å². The van der Waals surface area contributed by atoms with E-state index in [0.29, 0.717) is 13.0 Å². The Morgan fingerprint density at radius 2 is 2.00 bits per heavy atom. The van der Waals surface area contributed by atoms with Gasteiger partial charge in [-0.05, 0) is 25.0 Å². The van der Waals surface area contributed by atoms with Gasteiger partial charge in [-0.2, -0.15) is 0 Å². The summed E-state index contributed by atoms with van der Waals surface area (Å²) in [6, 6.07) is 2.92. The minimum absolute atomic E-state index is 0.0939. The molecule has 2 atom stereocenters. The highest BCUT2D eigenvalue weighted by molar-refractivity contribution is 5.98. The van der Waals surface area contributed by atoms with Gasteiger partial charge < -0.3 is 4.74 Å². The SMILES string of the molecule is CCC1OCCC1C(=O)c1cc(F)cc(F)c1. The third-order valence-corrected chi connectivity index (χ3v) is 3.10. The molecule has 0 N–H and O–H groups in total. The van der Waals surface area contributed by atoms with E-state index in [2.05, 4.69) is 0 Å². The number of carbonyl (C=O) groups excluding carboxylic acids is 1. The molecule has 0 bridgehead atoms. The number of carbonyl (C=O) groups is 1. The maximum absolute atomic E-state index is 13.0. The molecule has 1 aliphatic heterocycles. The molecule has 1 heterocycles. The first-order chi connectivity index (χ1) is 8.11. The fraction of sp³-hybridized carbons (Fsp3) is 0.462. The van der Waals surface area contributed by atoms with Crippen molar-refractivity contribution in [2.75, 3.05) is 6.61 Å². The highest BCUT2D eigenvalue weighted by atomic mass is 19.1. The van der Waals surface area contributed by atoms with Gasteiger partial charge in [0, 0.05) is 18.2 Å². The van der Waals surface area contributed by atoms with Crippen molar-refractivity contribution in [2.24, 2.45) is 5.92 Å². The molecule has 2 rings (SSSR count). The van der Waals surface area contributed by atoms with Crippen molar-refractivity contribution in [2.45, 2.75) is 25.9 Å². The zero-order chi connectivity index (χ0) is 12.4. The second-order valence-electron chi connectivity index (χ2n) is 4.24. The molecule has 0 aliphatic carbocycles. The minimum Gasteiger partial charge on any atom is -0.377 e. The first-order valence-corrected chi connectivity index (χ1v) is 5.73. The predicted molar refractivity (Wildman–Crippen MR) is 58.8 cm³/mol. The van der Waals surface area contributed by atoms with Crippen molar-refractivity contribution < 1.29 is 18.3 Å². The van der Waals surface area contributed by atoms with Crippen LogP contribution in [0.25, 0.3) is 0 Å². The Kier molecular flexibility index (Phi) is 3.52. The third kappa shape index (κ3) is 2.52. The summed E-state index contributed by atoms with van der Waals surface area (Å²) in [7, 11) is 0. The van der Waals surface area contributed by atoms with Crippen molar-refractivity contribution in [1.82, 2.24) is 0 Å². The lowest BCUT2D eigenvalue weighted by atomic mass is 9.90. The van der Waals surface area contributed by atoms with Gasteiger partial charge in [-0.3, -0.25) is 4.79 Å². The first kappa shape index (κ1) is 12.2. The van der Waals surface area contributed by atoms with E-state index < -0.39 is 11.6 Å². The average molecular weight is 240 g/mol. The van der Waals surface area contributed by atoms with Crippen LogP contribution in [0.4, 0.5) is 8.78 Å². The van der Waals surface area contributed by atoms with Gasteiger partial charge in [-0.1, -0.05) is 6.92 Å². The molecule has 2 nitrogen and oxygen atoms in total. The van der Waals surface area contributed by atoms with Crippen molar-refractivity contribution in [1.29, 1.82) is 0 Å². The van der Waals surface area contributed by atoms with Crippen molar-refractivity contribution in [3.05, 3.63) is 35.4 Å². The Bertz CT molecular complexity index is 411. The molecule has 1 fully saturated rings. The number of rotatable bonds is 3. The Hall–Kier alpha value is -1.29. The Labute approximate surface area is 98.6 Å². The van der Waals surface area contributed by atoms with Crippen LogP contribution in [-0.2, 0) is 4.74 Å². The van der Waals surface area contributed by atoms with Gasteiger partial charge >= 0.3 is 0 Å². The van der Waals surface area contributed by atoms with Crippen LogP contribution >= 0.6 is 0 Å². The zero-order valence-corrected chi connectivity index (χ0v) is 9.58. The van der Waals surface area contributed by atoms with Crippen LogP contribution in [0.1, 0.15) is 30.1 Å². The summed E-state index contributed by atoms with van der Waals surface area (Å²) in [6.45, 7) is 2.47. The summed E-state index contributed by atoms with van der Waals surface area (Å²) in [5.74, 6) is -1.95. The van der Waals surface area contributed by atoms with Crippen LogP contribution in [0.5, 0.6) is 0 Å². The van der Waals surface area contributed by atoms with Crippen molar-refractivity contribution in [3.63, 3.8) is 0 Å². The maximum atomic E-state index is 13.0. The fourth-order valence-electron chi connectivity index (χ4n) is 2.26. The number of hydrogen-bond acceptors (Lipinski definition) is 2.